The normalized spacial score (nSPS) is 11.3. The summed E-state index contributed by atoms with van der Waals surface area (Å²) in [7, 11) is 0. The summed E-state index contributed by atoms with van der Waals surface area (Å²) in [6, 6.07) is 3.91. The highest BCUT2D eigenvalue weighted by Crippen LogP contribution is 2.12. The van der Waals surface area contributed by atoms with E-state index in [4.69, 9.17) is 9.47 Å². The third-order valence-electron chi connectivity index (χ3n) is 3.16. The van der Waals surface area contributed by atoms with Crippen molar-refractivity contribution in [3.8, 4) is 0 Å². The SMILES string of the molecule is CCOC(=O)CCC(NC(=O)c1ccc([N+](=O)[O-])cc1)C(=O)OCC. The molecule has 9 nitrogen and oxygen atoms in total. The number of hydrogen-bond acceptors (Lipinski definition) is 7. The number of nitrogens with zero attached hydrogens (tertiary/aromatic N) is 1. The van der Waals surface area contributed by atoms with Gasteiger partial charge in [0, 0.05) is 24.1 Å². The van der Waals surface area contributed by atoms with Gasteiger partial charge < -0.3 is 14.8 Å². The monoisotopic (exact) mass is 352 g/mol. The lowest BCUT2D eigenvalue weighted by molar-refractivity contribution is -0.384. The molecule has 1 atom stereocenters. The molecule has 0 aromatic heterocycles. The molecule has 0 aliphatic rings. The Morgan fingerprint density at radius 3 is 2.24 bits per heavy atom. The van der Waals surface area contributed by atoms with Gasteiger partial charge >= 0.3 is 11.9 Å². The Hall–Kier alpha value is -2.97. The summed E-state index contributed by atoms with van der Waals surface area (Å²) in [6.45, 7) is 3.63. The highest BCUT2D eigenvalue weighted by atomic mass is 16.6. The zero-order valence-electron chi connectivity index (χ0n) is 14.0. The van der Waals surface area contributed by atoms with Gasteiger partial charge in [-0.05, 0) is 32.4 Å². The molecule has 0 bridgehead atoms. The number of non-ortho nitro benzene ring substituents is 1. The van der Waals surface area contributed by atoms with Crippen molar-refractivity contribution < 1.29 is 28.8 Å². The molecule has 1 unspecified atom stereocenters. The Bertz CT molecular complexity index is 628. The van der Waals surface area contributed by atoms with Crippen molar-refractivity contribution in [2.24, 2.45) is 0 Å². The van der Waals surface area contributed by atoms with Gasteiger partial charge in [0.2, 0.25) is 0 Å². The number of carbonyl (C=O) groups is 3. The predicted octanol–water partition coefficient (Wildman–Crippen LogP) is 1.60. The molecule has 0 heterocycles. The number of ether oxygens (including phenoxy) is 2. The van der Waals surface area contributed by atoms with Crippen molar-refractivity contribution in [2.75, 3.05) is 13.2 Å². The first kappa shape index (κ1) is 20.1. The van der Waals surface area contributed by atoms with E-state index in [1.165, 1.54) is 24.3 Å². The van der Waals surface area contributed by atoms with Gasteiger partial charge in [-0.25, -0.2) is 4.79 Å². The van der Waals surface area contributed by atoms with Crippen molar-refractivity contribution in [1.82, 2.24) is 5.32 Å². The summed E-state index contributed by atoms with van der Waals surface area (Å²) < 4.78 is 9.68. The lowest BCUT2D eigenvalue weighted by Crippen LogP contribution is -2.42. The van der Waals surface area contributed by atoms with Gasteiger partial charge in [0.15, 0.2) is 0 Å². The van der Waals surface area contributed by atoms with Crippen LogP contribution in [0.5, 0.6) is 0 Å². The van der Waals surface area contributed by atoms with Crippen molar-refractivity contribution in [2.45, 2.75) is 32.7 Å². The van der Waals surface area contributed by atoms with Crippen LogP contribution in [0.4, 0.5) is 5.69 Å². The maximum absolute atomic E-state index is 12.2. The molecule has 1 rings (SSSR count). The third kappa shape index (κ3) is 6.58. The highest BCUT2D eigenvalue weighted by Gasteiger charge is 2.24. The molecular formula is C16H20N2O7. The lowest BCUT2D eigenvalue weighted by atomic mass is 10.1. The molecule has 25 heavy (non-hydrogen) atoms. The molecule has 0 spiro atoms. The van der Waals surface area contributed by atoms with Crippen molar-refractivity contribution in [1.29, 1.82) is 0 Å². The van der Waals surface area contributed by atoms with Crippen LogP contribution in [0.25, 0.3) is 0 Å². The maximum atomic E-state index is 12.2. The zero-order valence-corrected chi connectivity index (χ0v) is 14.0. The van der Waals surface area contributed by atoms with Gasteiger partial charge in [0.25, 0.3) is 11.6 Å². The summed E-state index contributed by atoms with van der Waals surface area (Å²) in [4.78, 5) is 45.6. The Labute approximate surface area is 144 Å². The molecule has 1 amide bonds. The molecule has 0 saturated heterocycles. The fraction of sp³-hybridized carbons (Fsp3) is 0.438. The van der Waals surface area contributed by atoms with Crippen LogP contribution in [0.2, 0.25) is 0 Å². The topological polar surface area (TPSA) is 125 Å². The third-order valence-corrected chi connectivity index (χ3v) is 3.16. The number of nitrogens with one attached hydrogen (secondary N) is 1. The quantitative estimate of drug-likeness (QED) is 0.406. The summed E-state index contributed by atoms with van der Waals surface area (Å²) in [5, 5.41) is 13.1. The minimum absolute atomic E-state index is 0.0242. The predicted molar refractivity (Wildman–Crippen MR) is 86.9 cm³/mol. The first-order valence-electron chi connectivity index (χ1n) is 7.76. The number of rotatable bonds is 9. The van der Waals surface area contributed by atoms with E-state index in [2.05, 4.69) is 5.32 Å². The van der Waals surface area contributed by atoms with Gasteiger partial charge in [0.05, 0.1) is 18.1 Å². The summed E-state index contributed by atoms with van der Waals surface area (Å²) in [5.41, 5.74) is -0.00293. The number of carbonyl (C=O) groups excluding carboxylic acids is 3. The average molecular weight is 352 g/mol. The lowest BCUT2D eigenvalue weighted by Gasteiger charge is -2.17. The molecule has 1 aromatic carbocycles. The Balaban J connectivity index is 2.77. The first-order valence-corrected chi connectivity index (χ1v) is 7.76. The van der Waals surface area contributed by atoms with Crippen molar-refractivity contribution in [3.63, 3.8) is 0 Å². The number of benzene rings is 1. The minimum Gasteiger partial charge on any atom is -0.466 e. The molecule has 1 aromatic rings. The van der Waals surface area contributed by atoms with E-state index in [1.54, 1.807) is 13.8 Å². The standard InChI is InChI=1S/C16H20N2O7/c1-3-24-14(19)10-9-13(16(21)25-4-2)17-15(20)11-5-7-12(8-6-11)18(22)23/h5-8,13H,3-4,9-10H2,1-2H3,(H,17,20). The summed E-state index contributed by atoms with van der Waals surface area (Å²) >= 11 is 0. The van der Waals surface area contributed by atoms with Crippen LogP contribution in [0, 0.1) is 10.1 Å². The van der Waals surface area contributed by atoms with Crippen LogP contribution in [-0.2, 0) is 19.1 Å². The molecule has 136 valence electrons. The van der Waals surface area contributed by atoms with Crippen molar-refractivity contribution >= 4 is 23.5 Å². The fourth-order valence-electron chi connectivity index (χ4n) is 1.96. The van der Waals surface area contributed by atoms with E-state index in [0.29, 0.717) is 0 Å². The Morgan fingerprint density at radius 1 is 1.12 bits per heavy atom. The molecule has 0 fully saturated rings. The average Bonchev–Trinajstić information content (AvgIpc) is 2.58. The molecule has 0 saturated carbocycles. The van der Waals surface area contributed by atoms with Crippen LogP contribution in [-0.4, -0.2) is 42.0 Å². The molecule has 0 aliphatic carbocycles. The van der Waals surface area contributed by atoms with E-state index in [-0.39, 0.29) is 37.3 Å². The van der Waals surface area contributed by atoms with Crippen LogP contribution in [0.3, 0.4) is 0 Å². The molecular weight excluding hydrogens is 332 g/mol. The zero-order chi connectivity index (χ0) is 18.8. The summed E-state index contributed by atoms with van der Waals surface area (Å²) in [6.07, 6.45) is -0.0335. The van der Waals surface area contributed by atoms with E-state index in [1.807, 2.05) is 0 Å². The van der Waals surface area contributed by atoms with E-state index < -0.39 is 28.8 Å². The summed E-state index contributed by atoms with van der Waals surface area (Å²) in [5.74, 6) is -1.75. The van der Waals surface area contributed by atoms with E-state index in [0.717, 1.165) is 0 Å². The molecule has 9 heteroatoms. The Kier molecular flexibility index (Phi) is 8.04. The van der Waals surface area contributed by atoms with Crippen molar-refractivity contribution in [3.05, 3.63) is 39.9 Å². The molecule has 0 radical (unpaired) electrons. The molecule has 1 N–H and O–H groups in total. The molecule has 0 aliphatic heterocycles. The van der Waals surface area contributed by atoms with Gasteiger partial charge in [-0.1, -0.05) is 0 Å². The van der Waals surface area contributed by atoms with E-state index in [9.17, 15) is 24.5 Å². The second-order valence-electron chi connectivity index (χ2n) is 4.93. The number of esters is 2. The van der Waals surface area contributed by atoms with Crippen LogP contribution < -0.4 is 5.32 Å². The second-order valence-corrected chi connectivity index (χ2v) is 4.93. The maximum Gasteiger partial charge on any atom is 0.328 e. The number of hydrogen-bond donors (Lipinski definition) is 1. The van der Waals surface area contributed by atoms with Crippen LogP contribution >= 0.6 is 0 Å². The van der Waals surface area contributed by atoms with Gasteiger partial charge in [-0.2, -0.15) is 0 Å². The van der Waals surface area contributed by atoms with Crippen LogP contribution in [0.1, 0.15) is 37.0 Å². The van der Waals surface area contributed by atoms with Gasteiger partial charge in [0.1, 0.15) is 6.04 Å². The smallest absolute Gasteiger partial charge is 0.328 e. The number of amides is 1. The van der Waals surface area contributed by atoms with E-state index >= 15 is 0 Å². The van der Waals surface area contributed by atoms with Gasteiger partial charge in [-0.3, -0.25) is 19.7 Å². The first-order chi connectivity index (χ1) is 11.9. The largest absolute Gasteiger partial charge is 0.466 e. The van der Waals surface area contributed by atoms with Gasteiger partial charge in [-0.15, -0.1) is 0 Å². The highest BCUT2D eigenvalue weighted by molar-refractivity contribution is 5.97. The Morgan fingerprint density at radius 2 is 1.72 bits per heavy atom. The number of nitro groups is 1. The van der Waals surface area contributed by atoms with Crippen LogP contribution in [0.15, 0.2) is 24.3 Å². The minimum atomic E-state index is -1.02. The fourth-order valence-corrected chi connectivity index (χ4v) is 1.96. The number of nitro benzene ring substituents is 1. The second kappa shape index (κ2) is 10.0.